The molecule has 2 amide bonds. The van der Waals surface area contributed by atoms with Crippen LogP contribution in [0.15, 0.2) is 114 Å². The molecular formula is C26H24BrNO2. The molecule has 3 aromatic carbocycles. The minimum absolute atomic E-state index is 0.0778. The Kier molecular flexibility index (Phi) is 7.75. The van der Waals surface area contributed by atoms with Crippen LogP contribution in [-0.2, 0) is 9.59 Å². The van der Waals surface area contributed by atoms with Crippen LogP contribution in [0.25, 0.3) is 0 Å². The van der Waals surface area contributed by atoms with Gasteiger partial charge in [0.2, 0.25) is 11.8 Å². The Morgan fingerprint density at radius 2 is 1.00 bits per heavy atom. The van der Waals surface area contributed by atoms with Gasteiger partial charge in [0.05, 0.1) is 17.5 Å². The molecular weight excluding hydrogens is 438 g/mol. The van der Waals surface area contributed by atoms with Crippen molar-refractivity contribution >= 4 is 33.4 Å². The molecule has 0 aromatic heterocycles. The molecule has 0 bridgehead atoms. The molecule has 1 saturated carbocycles. The summed E-state index contributed by atoms with van der Waals surface area (Å²) in [6.07, 6.45) is 1.31. The Morgan fingerprint density at radius 3 is 1.33 bits per heavy atom. The average Bonchev–Trinajstić information content (AvgIpc) is 3.29. The summed E-state index contributed by atoms with van der Waals surface area (Å²) in [5.41, 5.74) is 1.68. The van der Waals surface area contributed by atoms with Crippen LogP contribution >= 0.6 is 15.9 Å². The second kappa shape index (κ2) is 10.7. The lowest BCUT2D eigenvalue weighted by Gasteiger charge is -2.16. The number of carbonyl (C=O) groups is 2. The van der Waals surface area contributed by atoms with Crippen molar-refractivity contribution in [3.63, 3.8) is 0 Å². The molecule has 1 saturated heterocycles. The maximum Gasteiger partial charge on any atom is 0.238 e. The predicted molar refractivity (Wildman–Crippen MR) is 125 cm³/mol. The second-order valence-electron chi connectivity index (χ2n) is 7.17. The van der Waals surface area contributed by atoms with Gasteiger partial charge in [-0.1, -0.05) is 101 Å². The van der Waals surface area contributed by atoms with Crippen molar-refractivity contribution in [3.05, 3.63) is 114 Å². The van der Waals surface area contributed by atoms with E-state index in [2.05, 4.69) is 22.5 Å². The normalized spacial score (nSPS) is 19.4. The van der Waals surface area contributed by atoms with Crippen LogP contribution in [-0.4, -0.2) is 11.8 Å². The molecule has 1 aliphatic carbocycles. The van der Waals surface area contributed by atoms with Gasteiger partial charge in [0.25, 0.3) is 0 Å². The Bertz CT molecular complexity index is 860. The van der Waals surface area contributed by atoms with E-state index in [0.717, 1.165) is 10.0 Å². The quantitative estimate of drug-likeness (QED) is 0.315. The van der Waals surface area contributed by atoms with Crippen molar-refractivity contribution < 1.29 is 9.59 Å². The van der Waals surface area contributed by atoms with E-state index in [9.17, 15) is 9.59 Å². The van der Waals surface area contributed by atoms with Gasteiger partial charge in [0, 0.05) is 4.47 Å². The number of allylic oxidation sites excluding steroid dienone is 1. The van der Waals surface area contributed by atoms with Crippen molar-refractivity contribution in [2.24, 2.45) is 11.8 Å². The third kappa shape index (κ3) is 5.55. The summed E-state index contributed by atoms with van der Waals surface area (Å²) in [4.78, 5) is 25.9. The zero-order chi connectivity index (χ0) is 21.3. The maximum absolute atomic E-state index is 12.3. The number of carbonyl (C=O) groups excluding carboxylic acids is 2. The lowest BCUT2D eigenvalue weighted by Crippen LogP contribution is -2.31. The molecule has 3 aromatic rings. The van der Waals surface area contributed by atoms with Crippen LogP contribution < -0.4 is 4.90 Å². The van der Waals surface area contributed by atoms with E-state index in [0.29, 0.717) is 18.5 Å². The lowest BCUT2D eigenvalue weighted by molar-refractivity contribution is -0.122. The molecule has 0 radical (unpaired) electrons. The fraction of sp³-hybridized carbons (Fsp3) is 0.154. The number of benzene rings is 3. The molecule has 0 N–H and O–H groups in total. The van der Waals surface area contributed by atoms with E-state index in [4.69, 9.17) is 0 Å². The van der Waals surface area contributed by atoms with Crippen LogP contribution in [0, 0.1) is 11.8 Å². The number of anilines is 1. The summed E-state index contributed by atoms with van der Waals surface area (Å²) in [6.45, 7) is 3.89. The topological polar surface area (TPSA) is 37.4 Å². The lowest BCUT2D eigenvalue weighted by atomic mass is 10.00. The monoisotopic (exact) mass is 461 g/mol. The molecule has 2 fully saturated rings. The summed E-state index contributed by atoms with van der Waals surface area (Å²) in [7, 11) is 0. The molecule has 2 unspecified atom stereocenters. The van der Waals surface area contributed by atoms with Gasteiger partial charge in [-0.2, -0.15) is 0 Å². The van der Waals surface area contributed by atoms with Crippen molar-refractivity contribution in [3.8, 4) is 0 Å². The Hall–Kier alpha value is -2.98. The molecule has 0 spiro atoms. The number of halogens is 1. The van der Waals surface area contributed by atoms with Crippen molar-refractivity contribution in [1.29, 1.82) is 0 Å². The van der Waals surface area contributed by atoms with Crippen LogP contribution in [0.4, 0.5) is 5.69 Å². The second-order valence-corrected chi connectivity index (χ2v) is 8.08. The van der Waals surface area contributed by atoms with E-state index in [1.807, 2.05) is 84.9 Å². The van der Waals surface area contributed by atoms with Gasteiger partial charge in [-0.15, -0.1) is 0 Å². The summed E-state index contributed by atoms with van der Waals surface area (Å²) >= 11 is 3.34. The first-order valence-electron chi connectivity index (χ1n) is 9.88. The predicted octanol–water partition coefficient (Wildman–Crippen LogP) is 6.28. The maximum atomic E-state index is 12.3. The third-order valence-electron chi connectivity index (χ3n) is 5.00. The fourth-order valence-corrected chi connectivity index (χ4v) is 3.83. The van der Waals surface area contributed by atoms with Crippen LogP contribution in [0.5, 0.6) is 0 Å². The third-order valence-corrected chi connectivity index (χ3v) is 5.52. The van der Waals surface area contributed by atoms with Gasteiger partial charge in [-0.3, -0.25) is 14.5 Å². The molecule has 1 heterocycles. The SMILES string of the molecule is C=C1CC2C(=O)N(c3ccc(Br)cc3)C(=O)C2C1.c1ccccc1.c1ccccc1. The van der Waals surface area contributed by atoms with Crippen LogP contribution in [0.2, 0.25) is 0 Å². The van der Waals surface area contributed by atoms with E-state index in [1.54, 1.807) is 12.1 Å². The number of fused-ring (bicyclic) bond motifs is 1. The number of hydrogen-bond donors (Lipinski definition) is 0. The first-order chi connectivity index (χ1) is 14.6. The minimum atomic E-state index is -0.186. The molecule has 152 valence electrons. The zero-order valence-electron chi connectivity index (χ0n) is 16.7. The molecule has 4 heteroatoms. The number of imide groups is 1. The van der Waals surface area contributed by atoms with Crippen LogP contribution in [0.1, 0.15) is 12.8 Å². The first kappa shape index (κ1) is 21.7. The van der Waals surface area contributed by atoms with E-state index in [1.165, 1.54) is 4.90 Å². The van der Waals surface area contributed by atoms with Crippen molar-refractivity contribution in [2.75, 3.05) is 4.90 Å². The molecule has 1 aliphatic heterocycles. The van der Waals surface area contributed by atoms with E-state index >= 15 is 0 Å². The number of amides is 2. The zero-order valence-corrected chi connectivity index (χ0v) is 18.2. The average molecular weight is 462 g/mol. The summed E-state index contributed by atoms with van der Waals surface area (Å²) in [5, 5.41) is 0. The number of hydrogen-bond acceptors (Lipinski definition) is 2. The molecule has 2 atom stereocenters. The Balaban J connectivity index is 0.000000173. The highest BCUT2D eigenvalue weighted by atomic mass is 79.9. The van der Waals surface area contributed by atoms with Gasteiger partial charge < -0.3 is 0 Å². The van der Waals surface area contributed by atoms with E-state index < -0.39 is 0 Å². The largest absolute Gasteiger partial charge is 0.274 e. The summed E-state index contributed by atoms with van der Waals surface area (Å²) < 4.78 is 0.930. The van der Waals surface area contributed by atoms with Gasteiger partial charge in [-0.25, -0.2) is 0 Å². The van der Waals surface area contributed by atoms with Gasteiger partial charge >= 0.3 is 0 Å². The number of nitrogens with zero attached hydrogens (tertiary/aromatic N) is 1. The summed E-state index contributed by atoms with van der Waals surface area (Å²) in [6, 6.07) is 31.2. The van der Waals surface area contributed by atoms with Crippen molar-refractivity contribution in [2.45, 2.75) is 12.8 Å². The molecule has 3 nitrogen and oxygen atoms in total. The van der Waals surface area contributed by atoms with Gasteiger partial charge in [0.15, 0.2) is 0 Å². The molecule has 30 heavy (non-hydrogen) atoms. The smallest absolute Gasteiger partial charge is 0.238 e. The first-order valence-corrected chi connectivity index (χ1v) is 10.7. The highest BCUT2D eigenvalue weighted by Crippen LogP contribution is 2.43. The minimum Gasteiger partial charge on any atom is -0.274 e. The highest BCUT2D eigenvalue weighted by Gasteiger charge is 2.51. The molecule has 2 aliphatic rings. The fourth-order valence-electron chi connectivity index (χ4n) is 3.56. The van der Waals surface area contributed by atoms with Gasteiger partial charge in [-0.05, 0) is 37.1 Å². The van der Waals surface area contributed by atoms with E-state index in [-0.39, 0.29) is 23.7 Å². The van der Waals surface area contributed by atoms with Crippen LogP contribution in [0.3, 0.4) is 0 Å². The highest BCUT2D eigenvalue weighted by molar-refractivity contribution is 9.10. The standard InChI is InChI=1S/C14H12BrNO2.2C6H6/c1-8-6-11-12(7-8)14(18)16(13(11)17)10-4-2-9(15)3-5-10;2*1-2-4-6-5-3-1/h2-5,11-12H,1,6-7H2;2*1-6H. The summed E-state index contributed by atoms with van der Waals surface area (Å²) in [5.74, 6) is -0.528. The number of rotatable bonds is 1. The molecule has 5 rings (SSSR count). The van der Waals surface area contributed by atoms with Gasteiger partial charge in [0.1, 0.15) is 0 Å². The Labute approximate surface area is 186 Å². The Morgan fingerprint density at radius 1 is 0.667 bits per heavy atom. The van der Waals surface area contributed by atoms with Crippen molar-refractivity contribution in [1.82, 2.24) is 0 Å².